The van der Waals surface area contributed by atoms with Gasteiger partial charge in [-0.3, -0.25) is 10.1 Å². The normalized spacial score (nSPS) is 17.6. The summed E-state index contributed by atoms with van der Waals surface area (Å²) in [6, 6.07) is 14.6. The van der Waals surface area contributed by atoms with E-state index in [1.165, 1.54) is 12.1 Å². The van der Waals surface area contributed by atoms with Crippen LogP contribution in [0.15, 0.2) is 54.6 Å². The van der Waals surface area contributed by atoms with E-state index < -0.39 is 11.0 Å². The molecule has 4 nitrogen and oxygen atoms in total. The van der Waals surface area contributed by atoms with Gasteiger partial charge in [-0.25, -0.2) is 0 Å². The summed E-state index contributed by atoms with van der Waals surface area (Å²) >= 11 is 0. The highest BCUT2D eigenvalue weighted by Gasteiger charge is 2.22. The number of hydrogen-bond donors (Lipinski definition) is 1. The number of allylic oxidation sites excluding steroid dienone is 1. The minimum atomic E-state index is -0.669. The molecule has 0 saturated carbocycles. The van der Waals surface area contributed by atoms with Crippen molar-refractivity contribution in [2.75, 3.05) is 0 Å². The molecule has 4 heteroatoms. The van der Waals surface area contributed by atoms with Gasteiger partial charge >= 0.3 is 0 Å². The van der Waals surface area contributed by atoms with Crippen LogP contribution in [0.2, 0.25) is 0 Å². The molecule has 0 heterocycles. The average Bonchev–Trinajstić information content (AvgIpc) is 2.67. The zero-order chi connectivity index (χ0) is 14.8. The molecule has 2 aromatic rings. The third-order valence-corrected chi connectivity index (χ3v) is 3.77. The molecule has 106 valence electrons. The molecule has 0 bridgehead atoms. The van der Waals surface area contributed by atoms with Crippen molar-refractivity contribution in [1.82, 2.24) is 0 Å². The fraction of sp³-hybridized carbons (Fsp3) is 0.176. The number of non-ortho nitro benzene ring substituents is 1. The minimum Gasteiger partial charge on any atom is -0.388 e. The Morgan fingerprint density at radius 3 is 2.62 bits per heavy atom. The number of rotatable bonds is 2. The Kier molecular flexibility index (Phi) is 3.54. The van der Waals surface area contributed by atoms with Gasteiger partial charge in [-0.05, 0) is 41.2 Å². The highest BCUT2D eigenvalue weighted by atomic mass is 16.6. The first-order chi connectivity index (χ1) is 10.2. The van der Waals surface area contributed by atoms with E-state index >= 15 is 0 Å². The lowest BCUT2D eigenvalue weighted by Crippen LogP contribution is -2.01. The number of fused-ring (bicyclic) bond motifs is 1. The van der Waals surface area contributed by atoms with Crippen LogP contribution in [0.1, 0.15) is 35.6 Å². The molecule has 1 atom stereocenters. The molecular formula is C17H15NO3. The van der Waals surface area contributed by atoms with E-state index in [0.29, 0.717) is 12.0 Å². The van der Waals surface area contributed by atoms with Crippen molar-refractivity contribution in [3.05, 3.63) is 81.4 Å². The molecule has 1 aliphatic rings. The Hall–Kier alpha value is -2.46. The van der Waals surface area contributed by atoms with Gasteiger partial charge in [0.1, 0.15) is 0 Å². The maximum atomic E-state index is 10.9. The summed E-state index contributed by atoms with van der Waals surface area (Å²) in [5.74, 6) is 0. The first-order valence-electron chi connectivity index (χ1n) is 6.89. The Morgan fingerprint density at radius 2 is 1.90 bits per heavy atom. The van der Waals surface area contributed by atoms with Gasteiger partial charge in [0.15, 0.2) is 0 Å². The van der Waals surface area contributed by atoms with E-state index in [-0.39, 0.29) is 5.69 Å². The number of benzene rings is 2. The third-order valence-electron chi connectivity index (χ3n) is 3.77. The molecule has 0 fully saturated rings. The maximum absolute atomic E-state index is 10.9. The Morgan fingerprint density at radius 1 is 1.14 bits per heavy atom. The summed E-state index contributed by atoms with van der Waals surface area (Å²) in [6.07, 6.45) is 2.74. The van der Waals surface area contributed by atoms with Gasteiger partial charge in [-0.15, -0.1) is 0 Å². The van der Waals surface area contributed by atoms with Crippen molar-refractivity contribution in [1.29, 1.82) is 0 Å². The SMILES string of the molecule is O=[N+]([O-])c1ccc2c(c1)C(O)CCC=C2c1ccccc1. The largest absolute Gasteiger partial charge is 0.388 e. The van der Waals surface area contributed by atoms with Crippen LogP contribution in [0.3, 0.4) is 0 Å². The summed E-state index contributed by atoms with van der Waals surface area (Å²) in [7, 11) is 0. The Balaban J connectivity index is 2.16. The van der Waals surface area contributed by atoms with Crippen LogP contribution in [0.5, 0.6) is 0 Å². The zero-order valence-electron chi connectivity index (χ0n) is 11.4. The molecule has 0 radical (unpaired) electrons. The number of aliphatic hydroxyl groups is 1. The van der Waals surface area contributed by atoms with Crippen LogP contribution in [0.4, 0.5) is 5.69 Å². The van der Waals surface area contributed by atoms with Gasteiger partial charge < -0.3 is 5.11 Å². The highest BCUT2D eigenvalue weighted by molar-refractivity contribution is 5.82. The van der Waals surface area contributed by atoms with E-state index in [4.69, 9.17) is 0 Å². The molecule has 0 amide bonds. The predicted octanol–water partition coefficient (Wildman–Crippen LogP) is 3.85. The number of nitro benzene ring substituents is 1. The number of nitrogens with zero attached hydrogens (tertiary/aromatic N) is 1. The molecule has 0 aliphatic heterocycles. The third kappa shape index (κ3) is 2.58. The lowest BCUT2D eigenvalue weighted by atomic mass is 9.92. The molecule has 2 aromatic carbocycles. The van der Waals surface area contributed by atoms with Crippen molar-refractivity contribution in [3.8, 4) is 0 Å². The van der Waals surface area contributed by atoms with E-state index in [1.807, 2.05) is 30.3 Å². The van der Waals surface area contributed by atoms with Crippen molar-refractivity contribution in [2.45, 2.75) is 18.9 Å². The minimum absolute atomic E-state index is 0.0158. The average molecular weight is 281 g/mol. The van der Waals surface area contributed by atoms with Gasteiger partial charge in [0, 0.05) is 12.1 Å². The summed E-state index contributed by atoms with van der Waals surface area (Å²) in [5, 5.41) is 21.2. The summed E-state index contributed by atoms with van der Waals surface area (Å²) in [4.78, 5) is 10.5. The standard InChI is InChI=1S/C17H15NO3/c19-17-8-4-7-14(12-5-2-1-3-6-12)15-10-9-13(18(20)21)11-16(15)17/h1-3,5-7,9-11,17,19H,4,8H2. The van der Waals surface area contributed by atoms with Crippen LogP contribution >= 0.6 is 0 Å². The first kappa shape index (κ1) is 13.5. The quantitative estimate of drug-likeness (QED) is 0.671. The van der Waals surface area contributed by atoms with Crippen molar-refractivity contribution in [2.24, 2.45) is 0 Å². The molecule has 0 spiro atoms. The molecule has 3 rings (SSSR count). The molecule has 0 saturated heterocycles. The predicted molar refractivity (Wildman–Crippen MR) is 80.8 cm³/mol. The lowest BCUT2D eigenvalue weighted by Gasteiger charge is -2.14. The fourth-order valence-electron chi connectivity index (χ4n) is 2.73. The van der Waals surface area contributed by atoms with Crippen LogP contribution in [0, 0.1) is 10.1 Å². The number of hydrogen-bond acceptors (Lipinski definition) is 3. The summed E-state index contributed by atoms with van der Waals surface area (Å²) < 4.78 is 0. The van der Waals surface area contributed by atoms with Gasteiger partial charge in [-0.2, -0.15) is 0 Å². The van der Waals surface area contributed by atoms with E-state index in [2.05, 4.69) is 6.08 Å². The zero-order valence-corrected chi connectivity index (χ0v) is 11.4. The molecular weight excluding hydrogens is 266 g/mol. The van der Waals surface area contributed by atoms with Gasteiger partial charge in [0.25, 0.3) is 5.69 Å². The van der Waals surface area contributed by atoms with Crippen LogP contribution in [-0.2, 0) is 0 Å². The van der Waals surface area contributed by atoms with E-state index in [1.54, 1.807) is 6.07 Å². The van der Waals surface area contributed by atoms with Crippen LogP contribution in [0.25, 0.3) is 5.57 Å². The van der Waals surface area contributed by atoms with E-state index in [0.717, 1.165) is 23.1 Å². The van der Waals surface area contributed by atoms with Crippen LogP contribution < -0.4 is 0 Å². The summed E-state index contributed by atoms with van der Waals surface area (Å²) in [6.45, 7) is 0. The second-order valence-electron chi connectivity index (χ2n) is 5.11. The Labute approximate surface area is 122 Å². The second-order valence-corrected chi connectivity index (χ2v) is 5.11. The second kappa shape index (κ2) is 5.50. The fourth-order valence-corrected chi connectivity index (χ4v) is 2.73. The topological polar surface area (TPSA) is 63.4 Å². The summed E-state index contributed by atoms with van der Waals surface area (Å²) in [5.41, 5.74) is 3.61. The Bertz CT molecular complexity index is 707. The molecule has 1 unspecified atom stereocenters. The van der Waals surface area contributed by atoms with Crippen LogP contribution in [-0.4, -0.2) is 10.0 Å². The lowest BCUT2D eigenvalue weighted by molar-refractivity contribution is -0.385. The molecule has 1 aliphatic carbocycles. The number of aliphatic hydroxyl groups excluding tert-OH is 1. The molecule has 1 N–H and O–H groups in total. The molecule has 21 heavy (non-hydrogen) atoms. The van der Waals surface area contributed by atoms with Gasteiger partial charge in [0.2, 0.25) is 0 Å². The van der Waals surface area contributed by atoms with Crippen molar-refractivity contribution < 1.29 is 10.0 Å². The molecule has 0 aromatic heterocycles. The monoisotopic (exact) mass is 281 g/mol. The smallest absolute Gasteiger partial charge is 0.269 e. The van der Waals surface area contributed by atoms with Crippen molar-refractivity contribution >= 4 is 11.3 Å². The maximum Gasteiger partial charge on any atom is 0.269 e. The first-order valence-corrected chi connectivity index (χ1v) is 6.89. The van der Waals surface area contributed by atoms with E-state index in [9.17, 15) is 15.2 Å². The van der Waals surface area contributed by atoms with Gasteiger partial charge in [-0.1, -0.05) is 36.4 Å². The number of nitro groups is 1. The highest BCUT2D eigenvalue weighted by Crippen LogP contribution is 2.37. The van der Waals surface area contributed by atoms with Crippen molar-refractivity contribution in [3.63, 3.8) is 0 Å². The van der Waals surface area contributed by atoms with Gasteiger partial charge in [0.05, 0.1) is 11.0 Å².